The number of ether oxygens (including phenoxy) is 2. The van der Waals surface area contributed by atoms with Crippen LogP contribution in [0.3, 0.4) is 0 Å². The summed E-state index contributed by atoms with van der Waals surface area (Å²) in [6, 6.07) is 5.19. The van der Waals surface area contributed by atoms with Crippen LogP contribution in [0.4, 0.5) is 0 Å². The molecule has 1 aromatic carbocycles. The zero-order chi connectivity index (χ0) is 17.6. The predicted octanol–water partition coefficient (Wildman–Crippen LogP) is 0.0223. The number of rotatable bonds is 8. The second-order valence-corrected chi connectivity index (χ2v) is 8.79. The van der Waals surface area contributed by atoms with Gasteiger partial charge < -0.3 is 9.47 Å². The highest BCUT2D eigenvalue weighted by atomic mass is 32.2. The number of sulfonamides is 2. The zero-order valence-corrected chi connectivity index (χ0v) is 15.1. The van der Waals surface area contributed by atoms with Gasteiger partial charge in [0.2, 0.25) is 20.0 Å². The van der Waals surface area contributed by atoms with Crippen LogP contribution in [0.1, 0.15) is 6.92 Å². The van der Waals surface area contributed by atoms with Crippen LogP contribution < -0.4 is 4.72 Å². The Hall–Kier alpha value is -1.04. The predicted molar refractivity (Wildman–Crippen MR) is 87.7 cm³/mol. The van der Waals surface area contributed by atoms with Crippen molar-refractivity contribution < 1.29 is 26.3 Å². The quantitative estimate of drug-likeness (QED) is 0.640. The topological polar surface area (TPSA) is 102 Å². The molecule has 0 amide bonds. The molecule has 10 heteroatoms. The maximum atomic E-state index is 12.5. The van der Waals surface area contributed by atoms with Crippen molar-refractivity contribution in [3.8, 4) is 0 Å². The highest BCUT2D eigenvalue weighted by Gasteiger charge is 2.26. The Bertz CT molecular complexity index is 725. The van der Waals surface area contributed by atoms with E-state index >= 15 is 0 Å². The minimum absolute atomic E-state index is 0.0138. The lowest BCUT2D eigenvalue weighted by molar-refractivity contribution is 0.0730. The Morgan fingerprint density at radius 3 is 2.25 bits per heavy atom. The summed E-state index contributed by atoms with van der Waals surface area (Å²) in [4.78, 5) is 0.0811. The van der Waals surface area contributed by atoms with Crippen molar-refractivity contribution in [3.63, 3.8) is 0 Å². The lowest BCUT2D eigenvalue weighted by Gasteiger charge is -2.26. The van der Waals surface area contributed by atoms with Crippen LogP contribution in [0, 0.1) is 0 Å². The van der Waals surface area contributed by atoms with Gasteiger partial charge in [0.05, 0.1) is 29.6 Å². The van der Waals surface area contributed by atoms with Crippen molar-refractivity contribution >= 4 is 20.0 Å². The van der Waals surface area contributed by atoms with Crippen molar-refractivity contribution in [1.29, 1.82) is 0 Å². The van der Waals surface area contributed by atoms with Gasteiger partial charge in [0.25, 0.3) is 0 Å². The molecule has 1 aliphatic heterocycles. The highest BCUT2D eigenvalue weighted by molar-refractivity contribution is 7.89. The minimum atomic E-state index is -3.69. The Kier molecular flexibility index (Phi) is 6.72. The standard InChI is InChI=1S/C14H22N2O6S2/c1-2-21-10-7-15-23(17,18)13-3-5-14(6-4-13)24(19,20)16-8-11-22-12-9-16/h3-6,15H,2,7-12H2,1H3. The summed E-state index contributed by atoms with van der Waals surface area (Å²) in [5.41, 5.74) is 0. The Balaban J connectivity index is 2.09. The second kappa shape index (κ2) is 8.37. The van der Waals surface area contributed by atoms with E-state index in [1.54, 1.807) is 0 Å². The van der Waals surface area contributed by atoms with E-state index in [1.165, 1.54) is 28.6 Å². The third kappa shape index (κ3) is 4.74. The van der Waals surface area contributed by atoms with Gasteiger partial charge in [0.1, 0.15) is 0 Å². The molecule has 1 aliphatic rings. The van der Waals surface area contributed by atoms with Crippen LogP contribution in [-0.2, 0) is 29.5 Å². The van der Waals surface area contributed by atoms with Crippen molar-refractivity contribution in [3.05, 3.63) is 24.3 Å². The van der Waals surface area contributed by atoms with E-state index in [4.69, 9.17) is 9.47 Å². The van der Waals surface area contributed by atoms with Gasteiger partial charge in [0.15, 0.2) is 0 Å². The fourth-order valence-electron chi connectivity index (χ4n) is 2.20. The summed E-state index contributed by atoms with van der Waals surface area (Å²) >= 11 is 0. The fraction of sp³-hybridized carbons (Fsp3) is 0.571. The van der Waals surface area contributed by atoms with Crippen LogP contribution in [0.5, 0.6) is 0 Å². The smallest absolute Gasteiger partial charge is 0.243 e. The van der Waals surface area contributed by atoms with E-state index in [0.717, 1.165) is 0 Å². The number of nitrogens with zero attached hydrogens (tertiary/aromatic N) is 1. The van der Waals surface area contributed by atoms with E-state index in [1.807, 2.05) is 6.92 Å². The van der Waals surface area contributed by atoms with Crippen LogP contribution in [0.2, 0.25) is 0 Å². The van der Waals surface area contributed by atoms with E-state index in [-0.39, 0.29) is 22.9 Å². The Morgan fingerprint density at radius 1 is 1.08 bits per heavy atom. The van der Waals surface area contributed by atoms with Crippen LogP contribution in [-0.4, -0.2) is 67.2 Å². The zero-order valence-electron chi connectivity index (χ0n) is 13.5. The van der Waals surface area contributed by atoms with Gasteiger partial charge in [-0.3, -0.25) is 0 Å². The van der Waals surface area contributed by atoms with E-state index in [2.05, 4.69) is 4.72 Å². The minimum Gasteiger partial charge on any atom is -0.380 e. The average Bonchev–Trinajstić information content (AvgIpc) is 2.60. The molecule has 0 radical (unpaired) electrons. The van der Waals surface area contributed by atoms with E-state index in [0.29, 0.717) is 32.9 Å². The molecule has 0 saturated carbocycles. The first-order valence-corrected chi connectivity index (χ1v) is 10.6. The molecule has 0 aliphatic carbocycles. The molecular weight excluding hydrogens is 356 g/mol. The normalized spacial score (nSPS) is 17.0. The molecule has 8 nitrogen and oxygen atoms in total. The van der Waals surface area contributed by atoms with Crippen LogP contribution in [0.15, 0.2) is 34.1 Å². The molecule has 0 aromatic heterocycles. The first-order valence-electron chi connectivity index (χ1n) is 7.63. The van der Waals surface area contributed by atoms with Crippen molar-refractivity contribution in [2.24, 2.45) is 0 Å². The molecular formula is C14H22N2O6S2. The first kappa shape index (κ1) is 19.3. The van der Waals surface area contributed by atoms with E-state index < -0.39 is 20.0 Å². The highest BCUT2D eigenvalue weighted by Crippen LogP contribution is 2.19. The summed E-state index contributed by atoms with van der Waals surface area (Å²) in [6.07, 6.45) is 0. The molecule has 2 rings (SSSR count). The van der Waals surface area contributed by atoms with Crippen molar-refractivity contribution in [2.75, 3.05) is 46.1 Å². The molecule has 0 unspecified atom stereocenters. The maximum Gasteiger partial charge on any atom is 0.243 e. The second-order valence-electron chi connectivity index (χ2n) is 5.08. The summed E-state index contributed by atoms with van der Waals surface area (Å²) in [5, 5.41) is 0. The number of nitrogens with one attached hydrogen (secondary N) is 1. The molecule has 0 bridgehead atoms. The van der Waals surface area contributed by atoms with Gasteiger partial charge >= 0.3 is 0 Å². The number of morpholine rings is 1. The maximum absolute atomic E-state index is 12.5. The molecule has 1 fully saturated rings. The number of hydrogen-bond acceptors (Lipinski definition) is 6. The molecule has 0 atom stereocenters. The molecule has 1 aromatic rings. The first-order chi connectivity index (χ1) is 11.4. The summed E-state index contributed by atoms with van der Waals surface area (Å²) in [5.74, 6) is 0. The van der Waals surface area contributed by atoms with E-state index in [9.17, 15) is 16.8 Å². The van der Waals surface area contributed by atoms with Gasteiger partial charge in [-0.05, 0) is 31.2 Å². The Labute approximate surface area is 142 Å². The monoisotopic (exact) mass is 378 g/mol. The summed E-state index contributed by atoms with van der Waals surface area (Å²) < 4.78 is 63.1. The third-order valence-corrected chi connectivity index (χ3v) is 6.87. The summed E-state index contributed by atoms with van der Waals surface area (Å²) in [7, 11) is -7.32. The molecule has 24 heavy (non-hydrogen) atoms. The van der Waals surface area contributed by atoms with Crippen molar-refractivity contribution in [1.82, 2.24) is 9.03 Å². The van der Waals surface area contributed by atoms with Crippen LogP contribution in [0.25, 0.3) is 0 Å². The molecule has 1 saturated heterocycles. The Morgan fingerprint density at radius 2 is 1.67 bits per heavy atom. The molecule has 0 spiro atoms. The molecule has 1 heterocycles. The third-order valence-electron chi connectivity index (χ3n) is 3.48. The fourth-order valence-corrected chi connectivity index (χ4v) is 4.62. The van der Waals surface area contributed by atoms with Crippen LogP contribution >= 0.6 is 0 Å². The average molecular weight is 378 g/mol. The largest absolute Gasteiger partial charge is 0.380 e. The van der Waals surface area contributed by atoms with Gasteiger partial charge in [-0.2, -0.15) is 4.31 Å². The number of hydrogen-bond donors (Lipinski definition) is 1. The number of benzene rings is 1. The SMILES string of the molecule is CCOCCNS(=O)(=O)c1ccc(S(=O)(=O)N2CCOCC2)cc1. The van der Waals surface area contributed by atoms with Gasteiger partial charge in [-0.1, -0.05) is 0 Å². The van der Waals surface area contributed by atoms with Crippen molar-refractivity contribution in [2.45, 2.75) is 16.7 Å². The van der Waals surface area contributed by atoms with Gasteiger partial charge in [0, 0.05) is 26.2 Å². The van der Waals surface area contributed by atoms with Gasteiger partial charge in [-0.25, -0.2) is 21.6 Å². The lowest BCUT2D eigenvalue weighted by atomic mass is 10.4. The lowest BCUT2D eigenvalue weighted by Crippen LogP contribution is -2.40. The van der Waals surface area contributed by atoms with Gasteiger partial charge in [-0.15, -0.1) is 0 Å². The summed E-state index contributed by atoms with van der Waals surface area (Å²) in [6.45, 7) is 4.06. The molecule has 1 N–H and O–H groups in total. The molecule has 136 valence electrons.